The van der Waals surface area contributed by atoms with Crippen molar-refractivity contribution < 1.29 is 4.79 Å². The first kappa shape index (κ1) is 16.0. The molecular weight excluding hydrogens is 286 g/mol. The van der Waals surface area contributed by atoms with Crippen LogP contribution in [0.15, 0.2) is 24.3 Å². The maximum Gasteiger partial charge on any atom is 0.217 e. The molecule has 0 unspecified atom stereocenters. The van der Waals surface area contributed by atoms with Crippen LogP contribution in [0, 0.1) is 18.3 Å². The van der Waals surface area contributed by atoms with E-state index in [-0.39, 0.29) is 11.3 Å². The highest BCUT2D eigenvalue weighted by Gasteiger charge is 2.42. The molecule has 0 radical (unpaired) electrons. The summed E-state index contributed by atoms with van der Waals surface area (Å²) in [6, 6.07) is 11.8. The third-order valence-corrected chi connectivity index (χ3v) is 5.52. The molecular formula is C19H25N3O. The van der Waals surface area contributed by atoms with E-state index in [1.54, 1.807) is 6.92 Å². The van der Waals surface area contributed by atoms with Crippen LogP contribution in [0.5, 0.6) is 0 Å². The fourth-order valence-electron chi connectivity index (χ4n) is 4.20. The van der Waals surface area contributed by atoms with Gasteiger partial charge in [0.2, 0.25) is 5.91 Å². The Morgan fingerprint density at radius 1 is 1.30 bits per heavy atom. The van der Waals surface area contributed by atoms with Gasteiger partial charge in [0.15, 0.2) is 0 Å². The van der Waals surface area contributed by atoms with Crippen LogP contribution in [0.25, 0.3) is 0 Å². The Balaban J connectivity index is 1.61. The average molecular weight is 311 g/mol. The molecule has 122 valence electrons. The summed E-state index contributed by atoms with van der Waals surface area (Å²) in [5.74, 6) is 0.0568. The number of benzene rings is 1. The first-order chi connectivity index (χ1) is 11.0. The molecule has 4 nitrogen and oxygen atoms in total. The van der Waals surface area contributed by atoms with Crippen molar-refractivity contribution in [1.29, 1.82) is 5.26 Å². The topological polar surface area (TPSA) is 56.1 Å². The minimum atomic E-state index is -0.316. The third kappa shape index (κ3) is 3.11. The summed E-state index contributed by atoms with van der Waals surface area (Å²) in [6.45, 7) is 5.59. The molecule has 0 bridgehead atoms. The van der Waals surface area contributed by atoms with Gasteiger partial charge in [-0.05, 0) is 43.7 Å². The van der Waals surface area contributed by atoms with Gasteiger partial charge < -0.3 is 5.32 Å². The van der Waals surface area contributed by atoms with Crippen LogP contribution in [-0.4, -0.2) is 36.0 Å². The summed E-state index contributed by atoms with van der Waals surface area (Å²) in [5.41, 5.74) is 2.12. The van der Waals surface area contributed by atoms with E-state index in [1.165, 1.54) is 11.1 Å². The van der Waals surface area contributed by atoms with E-state index in [0.717, 1.165) is 38.8 Å². The van der Waals surface area contributed by atoms with Crippen LogP contribution in [0.3, 0.4) is 0 Å². The fourth-order valence-corrected chi connectivity index (χ4v) is 4.20. The van der Waals surface area contributed by atoms with E-state index in [9.17, 15) is 10.1 Å². The lowest BCUT2D eigenvalue weighted by atomic mass is 9.67. The second-order valence-corrected chi connectivity index (χ2v) is 7.09. The van der Waals surface area contributed by atoms with Gasteiger partial charge in [0.05, 0.1) is 17.5 Å². The van der Waals surface area contributed by atoms with Gasteiger partial charge in [-0.15, -0.1) is 0 Å². The highest BCUT2D eigenvalue weighted by atomic mass is 16.1. The second-order valence-electron chi connectivity index (χ2n) is 7.09. The van der Waals surface area contributed by atoms with Crippen molar-refractivity contribution in [2.45, 2.75) is 57.0 Å². The van der Waals surface area contributed by atoms with Crippen LogP contribution in [0.4, 0.5) is 0 Å². The van der Waals surface area contributed by atoms with Crippen molar-refractivity contribution in [3.8, 4) is 6.07 Å². The molecule has 0 aromatic heterocycles. The summed E-state index contributed by atoms with van der Waals surface area (Å²) >= 11 is 0. The fraction of sp³-hybridized carbons (Fsp3) is 0.579. The van der Waals surface area contributed by atoms with Crippen molar-refractivity contribution in [2.75, 3.05) is 13.1 Å². The molecule has 1 N–H and O–H groups in total. The van der Waals surface area contributed by atoms with Crippen molar-refractivity contribution in [1.82, 2.24) is 10.2 Å². The van der Waals surface area contributed by atoms with Crippen LogP contribution >= 0.6 is 0 Å². The van der Waals surface area contributed by atoms with Crippen LogP contribution < -0.4 is 5.32 Å². The van der Waals surface area contributed by atoms with Crippen molar-refractivity contribution in [2.24, 2.45) is 0 Å². The van der Waals surface area contributed by atoms with Crippen molar-refractivity contribution in [3.05, 3.63) is 35.4 Å². The predicted octanol–water partition coefficient (Wildman–Crippen LogP) is 2.52. The monoisotopic (exact) mass is 311 g/mol. The van der Waals surface area contributed by atoms with Crippen LogP contribution in [0.1, 0.15) is 43.7 Å². The van der Waals surface area contributed by atoms with Gasteiger partial charge in [0.25, 0.3) is 0 Å². The molecule has 1 saturated heterocycles. The minimum absolute atomic E-state index is 0.0568. The number of hydrogen-bond acceptors (Lipinski definition) is 3. The van der Waals surface area contributed by atoms with Crippen LogP contribution in [-0.2, 0) is 10.2 Å². The number of carbonyl (C=O) groups is 1. The molecule has 1 aromatic carbocycles. The molecule has 3 rings (SSSR count). The molecule has 0 atom stereocenters. The summed E-state index contributed by atoms with van der Waals surface area (Å²) in [6.07, 6.45) is 3.99. The highest BCUT2D eigenvalue weighted by molar-refractivity contribution is 5.73. The lowest BCUT2D eigenvalue weighted by molar-refractivity contribution is -0.121. The molecule has 2 fully saturated rings. The molecule has 0 spiro atoms. The molecule has 1 aliphatic carbocycles. The Labute approximate surface area is 138 Å². The maximum absolute atomic E-state index is 11.1. The van der Waals surface area contributed by atoms with E-state index in [2.05, 4.69) is 35.3 Å². The number of hydrogen-bond donors (Lipinski definition) is 1. The zero-order chi connectivity index (χ0) is 16.4. The first-order valence-electron chi connectivity index (χ1n) is 8.52. The molecule has 1 aromatic rings. The normalized spacial score (nSPS) is 28.7. The molecule has 1 amide bonds. The molecule has 4 heteroatoms. The summed E-state index contributed by atoms with van der Waals surface area (Å²) in [7, 11) is 0. The number of nitriles is 1. The Hall–Kier alpha value is -1.86. The average Bonchev–Trinajstić information content (AvgIpc) is 2.51. The Morgan fingerprint density at radius 3 is 2.52 bits per heavy atom. The zero-order valence-electron chi connectivity index (χ0n) is 14.0. The zero-order valence-corrected chi connectivity index (χ0v) is 14.0. The highest BCUT2D eigenvalue weighted by Crippen LogP contribution is 2.42. The van der Waals surface area contributed by atoms with E-state index in [1.807, 2.05) is 12.1 Å². The number of aryl methyl sites for hydroxylation is 1. The SMILES string of the molecule is CC(=O)NC1CN(C2CCC(C#N)(c3ccccc3C)CC2)C1. The van der Waals surface area contributed by atoms with Gasteiger partial charge >= 0.3 is 0 Å². The number of nitrogens with zero attached hydrogens (tertiary/aromatic N) is 2. The molecule has 2 aliphatic rings. The third-order valence-electron chi connectivity index (χ3n) is 5.52. The lowest BCUT2D eigenvalue weighted by Gasteiger charge is -2.48. The molecule has 1 aliphatic heterocycles. The second kappa shape index (κ2) is 6.33. The van der Waals surface area contributed by atoms with E-state index < -0.39 is 0 Å². The number of rotatable bonds is 3. The van der Waals surface area contributed by atoms with Gasteiger partial charge in [-0.25, -0.2) is 0 Å². The van der Waals surface area contributed by atoms with Crippen molar-refractivity contribution in [3.63, 3.8) is 0 Å². The van der Waals surface area contributed by atoms with Gasteiger partial charge in [0.1, 0.15) is 0 Å². The quantitative estimate of drug-likeness (QED) is 0.933. The van der Waals surface area contributed by atoms with Gasteiger partial charge in [-0.2, -0.15) is 5.26 Å². The summed E-state index contributed by atoms with van der Waals surface area (Å²) in [4.78, 5) is 13.5. The van der Waals surface area contributed by atoms with E-state index >= 15 is 0 Å². The molecule has 1 saturated carbocycles. The largest absolute Gasteiger partial charge is 0.351 e. The molecule has 1 heterocycles. The number of carbonyl (C=O) groups excluding carboxylic acids is 1. The van der Waals surface area contributed by atoms with E-state index in [0.29, 0.717) is 12.1 Å². The van der Waals surface area contributed by atoms with Gasteiger partial charge in [0, 0.05) is 26.1 Å². The Morgan fingerprint density at radius 2 is 1.96 bits per heavy atom. The number of nitrogens with one attached hydrogen (secondary N) is 1. The smallest absolute Gasteiger partial charge is 0.217 e. The minimum Gasteiger partial charge on any atom is -0.351 e. The lowest BCUT2D eigenvalue weighted by Crippen LogP contribution is -2.62. The molecule has 23 heavy (non-hydrogen) atoms. The number of amides is 1. The number of likely N-dealkylation sites (tertiary alicyclic amines) is 1. The first-order valence-corrected chi connectivity index (χ1v) is 8.52. The van der Waals surface area contributed by atoms with Crippen molar-refractivity contribution >= 4 is 5.91 Å². The Bertz CT molecular complexity index is 620. The van der Waals surface area contributed by atoms with Gasteiger partial charge in [-0.1, -0.05) is 24.3 Å². The summed E-state index contributed by atoms with van der Waals surface area (Å²) < 4.78 is 0. The Kier molecular flexibility index (Phi) is 4.41. The van der Waals surface area contributed by atoms with E-state index in [4.69, 9.17) is 0 Å². The summed E-state index contributed by atoms with van der Waals surface area (Å²) in [5, 5.41) is 12.8. The maximum atomic E-state index is 11.1. The standard InChI is InChI=1S/C19H25N3O/c1-14-5-3-4-6-18(14)19(13-20)9-7-17(8-10-19)22-11-16(12-22)21-15(2)23/h3-6,16-17H,7-12H2,1-2H3,(H,21,23). The van der Waals surface area contributed by atoms with Crippen LogP contribution in [0.2, 0.25) is 0 Å². The predicted molar refractivity (Wildman–Crippen MR) is 89.9 cm³/mol. The van der Waals surface area contributed by atoms with Gasteiger partial charge in [-0.3, -0.25) is 9.69 Å².